The Labute approximate surface area is 623 Å². The topological polar surface area (TPSA) is 315 Å². The molecule has 10 rings (SSSR count). The number of aliphatic imine (C=N–C) groups is 2. The Morgan fingerprint density at radius 1 is 0.533 bits per heavy atom. The predicted octanol–water partition coefficient (Wildman–Crippen LogP) is 9.10. The number of Topliss-reactive ketones (excluding diaryl/α,β-unsaturated/α-hetero) is 2. The zero-order valence-electron chi connectivity index (χ0n) is 61.5. The van der Waals surface area contributed by atoms with Crippen LogP contribution in [0.15, 0.2) is 101 Å². The summed E-state index contributed by atoms with van der Waals surface area (Å²) in [6.45, 7) is 12.4. The van der Waals surface area contributed by atoms with Crippen LogP contribution in [-0.2, 0) is 61.9 Å². The molecule has 0 saturated heterocycles. The molecule has 4 aromatic carbocycles. The number of nitrogens with zero attached hydrogens (tertiary/aromatic N) is 5. The number of imide groups is 1. The van der Waals surface area contributed by atoms with Gasteiger partial charge in [-0.05, 0) is 77.4 Å². The molecule has 6 heterocycles. The number of hydrogen-bond acceptors (Lipinski definition) is 23. The molecule has 0 spiro atoms. The number of rotatable bonds is 48. The first-order valence-electron chi connectivity index (χ1n) is 36.6. The summed E-state index contributed by atoms with van der Waals surface area (Å²) in [6.07, 6.45) is 14.0. The van der Waals surface area contributed by atoms with Crippen molar-refractivity contribution in [2.24, 2.45) is 27.7 Å². The smallest absolute Gasteiger partial charge is 0.260 e. The lowest BCUT2D eigenvalue weighted by Crippen LogP contribution is -2.35. The number of benzene rings is 4. The van der Waals surface area contributed by atoms with Crippen molar-refractivity contribution in [3.63, 3.8) is 0 Å². The van der Waals surface area contributed by atoms with Crippen LogP contribution in [0.4, 0.5) is 17.1 Å². The molecule has 28 nitrogen and oxygen atoms in total. The van der Waals surface area contributed by atoms with E-state index >= 15 is 0 Å². The van der Waals surface area contributed by atoms with Gasteiger partial charge in [-0.15, -0.1) is 0 Å². The highest BCUT2D eigenvalue weighted by molar-refractivity contribution is 6.13. The number of amides is 6. The van der Waals surface area contributed by atoms with E-state index in [2.05, 4.69) is 10.6 Å². The van der Waals surface area contributed by atoms with E-state index < -0.39 is 23.7 Å². The fraction of sp³-hybridized carbons (Fsp3) is 0.494. The number of ketones is 2. The van der Waals surface area contributed by atoms with Crippen molar-refractivity contribution in [2.45, 2.75) is 97.1 Å². The number of hydrogen-bond donors (Lipinski definition) is 2. The highest BCUT2D eigenvalue weighted by Crippen LogP contribution is 2.43. The van der Waals surface area contributed by atoms with Crippen molar-refractivity contribution < 1.29 is 99.9 Å². The number of methoxy groups -OCH3 is 2. The molecule has 6 amide bonds. The van der Waals surface area contributed by atoms with Gasteiger partial charge in [-0.25, -0.2) is 0 Å². The number of nitrogens with one attached hydrogen (secondary N) is 2. The van der Waals surface area contributed by atoms with E-state index in [0.717, 1.165) is 40.0 Å². The summed E-state index contributed by atoms with van der Waals surface area (Å²) < 4.78 is 73.6. The van der Waals surface area contributed by atoms with E-state index in [1.54, 1.807) is 65.6 Å². The average molecular weight is 1480 g/mol. The standard InChI is InChI=1S/C79H97N7O21/c1-52(2)62(42-61(87)10-7-6-8-22-97-26-28-99-30-32-101-34-36-103-37-35-102-33-31-100-29-27-98-25-20-80-74(89)19-21-84-75(90)17-18-76(84)91)67(88)38-53(3)77(92)83-58-14-11-54(12-15-58)56-39-59-47-81-65-45-72(69(95-4)43-63(65)78(93)85(59)49-56)104-23-9-24-105-73-46-66-64(44-70(73)96-5)79(94)86-50-57(40-60(86)48-82-66)55-13-16-68-71(41-55)107-51-106-68/h11-18,41,43-50,52-53,59-60,62H,6-10,19-40,42,51H2,1-5H3,(H,80,89)(H,83,92)/t53-,59+,60+,62?/m1/s1. The summed E-state index contributed by atoms with van der Waals surface area (Å²) in [5, 5.41) is 5.63. The van der Waals surface area contributed by atoms with E-state index in [9.17, 15) is 38.4 Å². The van der Waals surface area contributed by atoms with Crippen LogP contribution in [0, 0.1) is 17.8 Å². The fourth-order valence-electron chi connectivity index (χ4n) is 12.6. The molecule has 0 fully saturated rings. The second kappa shape index (κ2) is 40.9. The first-order valence-corrected chi connectivity index (χ1v) is 36.6. The van der Waals surface area contributed by atoms with Gasteiger partial charge in [0.15, 0.2) is 34.5 Å². The van der Waals surface area contributed by atoms with Gasteiger partial charge < -0.3 is 82.0 Å². The Morgan fingerprint density at radius 2 is 1.04 bits per heavy atom. The monoisotopic (exact) mass is 1480 g/mol. The molecular formula is C79H97N7O21. The molecule has 107 heavy (non-hydrogen) atoms. The molecule has 4 aromatic rings. The summed E-state index contributed by atoms with van der Waals surface area (Å²) in [6, 6.07) is 19.2. The average Bonchev–Trinajstić information content (AvgIpc) is 1.66. The third-order valence-electron chi connectivity index (χ3n) is 18.6. The van der Waals surface area contributed by atoms with Crippen LogP contribution in [0.3, 0.4) is 0 Å². The van der Waals surface area contributed by atoms with Gasteiger partial charge in [0.25, 0.3) is 23.6 Å². The predicted molar refractivity (Wildman–Crippen MR) is 395 cm³/mol. The fourth-order valence-corrected chi connectivity index (χ4v) is 12.6. The number of unbranched alkanes of at least 4 members (excludes halogenated alkanes) is 2. The van der Waals surface area contributed by atoms with Gasteiger partial charge in [0, 0.05) is 131 Å². The second-order valence-electron chi connectivity index (χ2n) is 26.6. The van der Waals surface area contributed by atoms with Gasteiger partial charge in [-0.2, -0.15) is 0 Å². The lowest BCUT2D eigenvalue weighted by molar-refractivity contribution is -0.137. The third-order valence-corrected chi connectivity index (χ3v) is 18.6. The van der Waals surface area contributed by atoms with Crippen molar-refractivity contribution >= 4 is 87.6 Å². The van der Waals surface area contributed by atoms with Gasteiger partial charge in [0.05, 0.1) is 148 Å². The SMILES string of the molecule is COc1cc2c(cc1OCCCOc1cc3c(cc1OC)C(=O)N1C=C(c4ccc5c(c4)OCO5)C[C@H]1C=N3)N=C[C@@H]1CC(c3ccc(NC(=O)[C@H](C)CC(=O)C(CC(=O)CCCCCOCCOCCOCCOCCOCCOCCOCCNC(=O)CCN4C(=O)C=CC4=O)C(C)C)cc3)=CN1C2=O. The Morgan fingerprint density at radius 3 is 1.57 bits per heavy atom. The van der Waals surface area contributed by atoms with E-state index in [-0.39, 0.29) is 99.0 Å². The van der Waals surface area contributed by atoms with E-state index in [4.69, 9.17) is 71.6 Å². The number of carbonyl (C=O) groups is 8. The lowest BCUT2D eigenvalue weighted by Gasteiger charge is -2.21. The zero-order chi connectivity index (χ0) is 75.4. The summed E-state index contributed by atoms with van der Waals surface area (Å²) >= 11 is 0. The van der Waals surface area contributed by atoms with Crippen molar-refractivity contribution in [1.29, 1.82) is 0 Å². The molecule has 2 N–H and O–H groups in total. The summed E-state index contributed by atoms with van der Waals surface area (Å²) in [7, 11) is 3.03. The van der Waals surface area contributed by atoms with E-state index in [1.165, 1.54) is 26.4 Å². The lowest BCUT2D eigenvalue weighted by atomic mass is 9.83. The number of carbonyl (C=O) groups excluding carboxylic acids is 8. The van der Waals surface area contributed by atoms with Crippen LogP contribution in [-0.4, -0.2) is 226 Å². The molecule has 1 unspecified atom stereocenters. The van der Waals surface area contributed by atoms with Gasteiger partial charge in [0.1, 0.15) is 11.6 Å². The Hall–Kier alpha value is -9.68. The summed E-state index contributed by atoms with van der Waals surface area (Å²) in [4.78, 5) is 117. The third kappa shape index (κ3) is 22.9. The zero-order valence-corrected chi connectivity index (χ0v) is 61.5. The molecular weight excluding hydrogens is 1380 g/mol. The first kappa shape index (κ1) is 79.9. The van der Waals surface area contributed by atoms with Crippen LogP contribution >= 0.6 is 0 Å². The largest absolute Gasteiger partial charge is 0.493 e. The molecule has 28 heteroatoms. The first-order chi connectivity index (χ1) is 52.0. The molecule has 0 aromatic heterocycles. The van der Waals surface area contributed by atoms with Crippen molar-refractivity contribution in [3.8, 4) is 34.5 Å². The number of ether oxygens (including phenoxy) is 13. The van der Waals surface area contributed by atoms with Crippen LogP contribution in [0.5, 0.6) is 34.5 Å². The van der Waals surface area contributed by atoms with Gasteiger partial charge in [-0.1, -0.05) is 45.4 Å². The quantitative estimate of drug-likeness (QED) is 0.0307. The molecule has 4 atom stereocenters. The molecule has 6 aliphatic heterocycles. The molecule has 0 aliphatic carbocycles. The molecule has 0 saturated carbocycles. The van der Waals surface area contributed by atoms with Crippen LogP contribution in [0.25, 0.3) is 11.1 Å². The molecule has 0 radical (unpaired) electrons. The molecule has 6 aliphatic rings. The molecule has 574 valence electrons. The van der Waals surface area contributed by atoms with Crippen molar-refractivity contribution in [2.75, 3.05) is 145 Å². The summed E-state index contributed by atoms with van der Waals surface area (Å²) in [5.41, 5.74) is 5.94. The van der Waals surface area contributed by atoms with Crippen molar-refractivity contribution in [1.82, 2.24) is 20.0 Å². The van der Waals surface area contributed by atoms with Gasteiger partial charge in [0.2, 0.25) is 18.6 Å². The van der Waals surface area contributed by atoms with Crippen LogP contribution in [0.1, 0.15) is 117 Å². The minimum Gasteiger partial charge on any atom is -0.493 e. The number of anilines is 1. The highest BCUT2D eigenvalue weighted by atomic mass is 16.7. The van der Waals surface area contributed by atoms with Crippen LogP contribution in [0.2, 0.25) is 0 Å². The maximum Gasteiger partial charge on any atom is 0.260 e. The van der Waals surface area contributed by atoms with Gasteiger partial charge >= 0.3 is 0 Å². The van der Waals surface area contributed by atoms with E-state index in [1.807, 2.05) is 56.6 Å². The normalized spacial score (nSPS) is 16.6. The Bertz CT molecular complexity index is 3910. The highest BCUT2D eigenvalue weighted by Gasteiger charge is 2.37. The maximum atomic E-state index is 14.2. The van der Waals surface area contributed by atoms with Crippen LogP contribution < -0.4 is 39.1 Å². The van der Waals surface area contributed by atoms with Gasteiger partial charge in [-0.3, -0.25) is 53.2 Å². The maximum absolute atomic E-state index is 14.2. The van der Waals surface area contributed by atoms with Crippen molar-refractivity contribution in [3.05, 3.63) is 114 Å². The minimum atomic E-state index is -0.631. The molecule has 0 bridgehead atoms. The summed E-state index contributed by atoms with van der Waals surface area (Å²) in [5.74, 6) is -0.141. The number of fused-ring (bicyclic) bond motifs is 5. The Kier molecular flexibility index (Phi) is 30.5. The Balaban J connectivity index is 0.539. The minimum absolute atomic E-state index is 0.00802. The van der Waals surface area contributed by atoms with E-state index in [0.29, 0.717) is 194 Å². The second-order valence-corrected chi connectivity index (χ2v) is 26.6.